The summed E-state index contributed by atoms with van der Waals surface area (Å²) in [6.45, 7) is 0.957. The van der Waals surface area contributed by atoms with E-state index in [1.165, 1.54) is 14.2 Å². The van der Waals surface area contributed by atoms with E-state index in [2.05, 4.69) is 25.3 Å². The third kappa shape index (κ3) is 8.66. The lowest BCUT2D eigenvalue weighted by Crippen LogP contribution is -2.35. The van der Waals surface area contributed by atoms with E-state index in [1.54, 1.807) is 72.4 Å². The number of benzene rings is 1. The summed E-state index contributed by atoms with van der Waals surface area (Å²) in [5.41, 5.74) is 2.54. The maximum absolute atomic E-state index is 13.0. The van der Waals surface area contributed by atoms with Crippen LogP contribution in [0.4, 0.5) is 16.5 Å². The molecule has 6 rings (SSSR count). The van der Waals surface area contributed by atoms with Crippen LogP contribution in [0.2, 0.25) is 0 Å². The lowest BCUT2D eigenvalue weighted by molar-refractivity contribution is -0.116. The first-order valence-corrected chi connectivity index (χ1v) is 17.1. The highest BCUT2D eigenvalue weighted by molar-refractivity contribution is 7.14. The average Bonchev–Trinajstić information content (AvgIpc) is 3.94. The van der Waals surface area contributed by atoms with Crippen molar-refractivity contribution >= 4 is 64.0 Å². The zero-order valence-electron chi connectivity index (χ0n) is 29.3. The van der Waals surface area contributed by atoms with Gasteiger partial charge in [0.2, 0.25) is 5.91 Å². The molecule has 1 unspecified atom stereocenters. The normalized spacial score (nSPS) is 14.3. The van der Waals surface area contributed by atoms with E-state index >= 15 is 0 Å². The van der Waals surface area contributed by atoms with E-state index in [0.29, 0.717) is 70.0 Å². The van der Waals surface area contributed by atoms with Crippen molar-refractivity contribution in [2.24, 2.45) is 19.1 Å². The number of hydrogen-bond acceptors (Lipinski definition) is 12. The molecule has 4 aromatic rings. The highest BCUT2D eigenvalue weighted by atomic mass is 32.1. The first-order chi connectivity index (χ1) is 25.0. The van der Waals surface area contributed by atoms with Gasteiger partial charge in [-0.15, -0.1) is 11.3 Å². The first kappa shape index (κ1) is 37.3. The molecule has 0 saturated carbocycles. The van der Waals surface area contributed by atoms with E-state index < -0.39 is 5.91 Å². The molecule has 3 amide bonds. The molecule has 17 heteroatoms. The van der Waals surface area contributed by atoms with Crippen LogP contribution in [-0.4, -0.2) is 95.7 Å². The Balaban J connectivity index is 0.000000370. The molecule has 5 heterocycles. The number of esters is 1. The van der Waals surface area contributed by atoms with Crippen LogP contribution in [0, 0.1) is 0 Å². The molecule has 1 fully saturated rings. The topological polar surface area (TPSA) is 185 Å². The van der Waals surface area contributed by atoms with E-state index in [0.717, 1.165) is 24.2 Å². The quantitative estimate of drug-likeness (QED) is 0.119. The fraction of sp³-hybridized carbons (Fsp3) is 0.343. The number of fused-ring (bicyclic) bond motifs is 2. The summed E-state index contributed by atoms with van der Waals surface area (Å²) in [5, 5.41) is 7.28. The fourth-order valence-corrected chi connectivity index (χ4v) is 6.28. The van der Waals surface area contributed by atoms with Gasteiger partial charge >= 0.3 is 5.97 Å². The van der Waals surface area contributed by atoms with Gasteiger partial charge in [-0.25, -0.2) is 9.78 Å². The standard InChI is InChI=1S/C27H28N6O6S.C8H11NO3/c1-32-13-16(9-21(32)25(36)31-27-30-17(14-34)15-40-27)29-24(35)6-4-8-39-23-11-20-19(10-22(23)38-2)26(37)33-7-3-5-18(33)12-28-20;1-9-5-6(11-2)4-7(9)8(10)12-3/h9-15,18H,3-8H2,1-2H3,(H,29,35)(H,30,31,36);4-5H,1-3H3. The first-order valence-electron chi connectivity index (χ1n) is 16.2. The summed E-state index contributed by atoms with van der Waals surface area (Å²) in [6, 6.07) is 6.57. The lowest BCUT2D eigenvalue weighted by atomic mass is 10.1. The van der Waals surface area contributed by atoms with Gasteiger partial charge in [-0.2, -0.15) is 0 Å². The van der Waals surface area contributed by atoms with E-state index in [4.69, 9.17) is 14.2 Å². The highest BCUT2D eigenvalue weighted by Gasteiger charge is 2.32. The molecule has 2 N–H and O–H groups in total. The molecular weight excluding hydrogens is 694 g/mol. The van der Waals surface area contributed by atoms with Gasteiger partial charge in [-0.3, -0.25) is 29.5 Å². The third-order valence-corrected chi connectivity index (χ3v) is 9.03. The Bertz CT molecular complexity index is 2000. The van der Waals surface area contributed by atoms with Crippen LogP contribution in [0.3, 0.4) is 0 Å². The predicted molar refractivity (Wildman–Crippen MR) is 193 cm³/mol. The van der Waals surface area contributed by atoms with Gasteiger partial charge in [0.15, 0.2) is 22.9 Å². The van der Waals surface area contributed by atoms with Crippen LogP contribution in [0.1, 0.15) is 67.5 Å². The molecule has 274 valence electrons. The van der Waals surface area contributed by atoms with Crippen LogP contribution >= 0.6 is 11.3 Å². The number of ether oxygens (including phenoxy) is 4. The average molecular weight is 734 g/mol. The molecule has 0 spiro atoms. The summed E-state index contributed by atoms with van der Waals surface area (Å²) in [4.78, 5) is 70.3. The minimum Gasteiger partial charge on any atom is -0.495 e. The minimum atomic E-state index is -0.413. The molecule has 1 atom stereocenters. The Kier molecular flexibility index (Phi) is 12.1. The smallest absolute Gasteiger partial charge is 0.354 e. The molecule has 0 radical (unpaired) electrons. The van der Waals surface area contributed by atoms with Crippen molar-refractivity contribution < 1.29 is 42.9 Å². The van der Waals surface area contributed by atoms with E-state index in [1.807, 2.05) is 11.1 Å². The maximum atomic E-state index is 13.0. The van der Waals surface area contributed by atoms with Crippen LogP contribution in [-0.2, 0) is 23.6 Å². The van der Waals surface area contributed by atoms with Crippen LogP contribution in [0.25, 0.3) is 0 Å². The van der Waals surface area contributed by atoms with Crippen molar-refractivity contribution in [3.8, 4) is 17.2 Å². The number of aliphatic imine (C=N–C) groups is 1. The van der Waals surface area contributed by atoms with Gasteiger partial charge < -0.3 is 38.3 Å². The maximum Gasteiger partial charge on any atom is 0.354 e. The molecule has 16 nitrogen and oxygen atoms in total. The van der Waals surface area contributed by atoms with Crippen molar-refractivity contribution in [2.45, 2.75) is 31.7 Å². The number of carbonyl (C=O) groups is 5. The van der Waals surface area contributed by atoms with Gasteiger partial charge in [-0.1, -0.05) is 0 Å². The molecule has 52 heavy (non-hydrogen) atoms. The second-order valence-corrected chi connectivity index (χ2v) is 12.6. The summed E-state index contributed by atoms with van der Waals surface area (Å²) >= 11 is 1.15. The number of hydrogen-bond donors (Lipinski definition) is 2. The highest BCUT2D eigenvalue weighted by Crippen LogP contribution is 2.38. The van der Waals surface area contributed by atoms with Gasteiger partial charge in [0.05, 0.1) is 50.9 Å². The van der Waals surface area contributed by atoms with Crippen LogP contribution in [0.5, 0.6) is 17.2 Å². The zero-order valence-corrected chi connectivity index (χ0v) is 30.2. The van der Waals surface area contributed by atoms with Crippen LogP contribution < -0.4 is 24.8 Å². The zero-order chi connectivity index (χ0) is 37.4. The summed E-state index contributed by atoms with van der Waals surface area (Å²) in [5.74, 6) is 0.463. The van der Waals surface area contributed by atoms with Crippen molar-refractivity contribution in [3.63, 3.8) is 0 Å². The van der Waals surface area contributed by atoms with Gasteiger partial charge in [0, 0.05) is 63.2 Å². The molecule has 0 bridgehead atoms. The van der Waals surface area contributed by atoms with Crippen molar-refractivity contribution in [1.82, 2.24) is 19.0 Å². The van der Waals surface area contributed by atoms with Gasteiger partial charge in [0.25, 0.3) is 11.8 Å². The Morgan fingerprint density at radius 2 is 1.79 bits per heavy atom. The fourth-order valence-electron chi connectivity index (χ4n) is 5.63. The van der Waals surface area contributed by atoms with Crippen molar-refractivity contribution in [2.75, 3.05) is 45.1 Å². The number of nitrogens with zero attached hydrogens (tertiary/aromatic N) is 5. The minimum absolute atomic E-state index is 0.0125. The number of aryl methyl sites for hydroxylation is 2. The monoisotopic (exact) mass is 733 g/mol. The number of methoxy groups -OCH3 is 3. The molecule has 1 aromatic carbocycles. The molecule has 2 aliphatic heterocycles. The SMILES string of the molecule is COC(=O)c1cc(OC)cn1C.COc1cc2c(cc1OCCCC(=O)Nc1cc(C(=O)Nc3nc(C=O)cs3)n(C)c1)N=CC1CCCN1C2=O. The second-order valence-electron chi connectivity index (χ2n) is 11.7. The van der Waals surface area contributed by atoms with Crippen LogP contribution in [0.15, 0.2) is 47.0 Å². The molecule has 2 aliphatic rings. The number of rotatable bonds is 12. The third-order valence-electron chi connectivity index (χ3n) is 8.26. The Labute approximate surface area is 303 Å². The number of thiazole rings is 1. The number of anilines is 2. The Morgan fingerprint density at radius 1 is 1.00 bits per heavy atom. The largest absolute Gasteiger partial charge is 0.495 e. The number of carbonyl (C=O) groups excluding carboxylic acids is 5. The van der Waals surface area contributed by atoms with E-state index in [-0.39, 0.29) is 42.5 Å². The molecule has 3 aromatic heterocycles. The van der Waals surface area contributed by atoms with Crippen molar-refractivity contribution in [1.29, 1.82) is 0 Å². The van der Waals surface area contributed by atoms with Gasteiger partial charge in [-0.05, 0) is 31.4 Å². The summed E-state index contributed by atoms with van der Waals surface area (Å²) < 4.78 is 24.1. The number of aldehydes is 1. The molecule has 1 saturated heterocycles. The predicted octanol–water partition coefficient (Wildman–Crippen LogP) is 4.49. The summed E-state index contributed by atoms with van der Waals surface area (Å²) in [6.07, 6.45) is 8.25. The lowest BCUT2D eigenvalue weighted by Gasteiger charge is -2.20. The van der Waals surface area contributed by atoms with Crippen molar-refractivity contribution in [3.05, 3.63) is 64.7 Å². The number of amides is 3. The van der Waals surface area contributed by atoms with E-state index in [9.17, 15) is 24.0 Å². The second kappa shape index (κ2) is 16.8. The van der Waals surface area contributed by atoms with Gasteiger partial charge in [0.1, 0.15) is 22.8 Å². The molecular formula is C35H39N7O9S. The number of nitrogens with one attached hydrogen (secondary N) is 2. The Hall–Kier alpha value is -5.97. The number of aromatic nitrogens is 3. The summed E-state index contributed by atoms with van der Waals surface area (Å²) in [7, 11) is 7.86. The molecule has 0 aliphatic carbocycles. The Morgan fingerprint density at radius 3 is 2.48 bits per heavy atom.